The van der Waals surface area contributed by atoms with Crippen molar-refractivity contribution in [2.45, 2.75) is 52.0 Å². The zero-order chi connectivity index (χ0) is 12.7. The molecule has 1 aliphatic carbocycles. The average molecular weight is 238 g/mol. The van der Waals surface area contributed by atoms with E-state index >= 15 is 0 Å². The predicted molar refractivity (Wildman–Crippen MR) is 76.0 cm³/mol. The topological polar surface area (TPSA) is 29.3 Å². The Hall–Kier alpha value is -0.340. The van der Waals surface area contributed by atoms with Crippen LogP contribution in [0.5, 0.6) is 0 Å². The van der Waals surface area contributed by atoms with Crippen LogP contribution in [0.25, 0.3) is 0 Å². The first-order valence-electron chi connectivity index (χ1n) is 7.24. The van der Waals surface area contributed by atoms with Crippen LogP contribution in [0.1, 0.15) is 46.0 Å². The van der Waals surface area contributed by atoms with Gasteiger partial charge in [0.05, 0.1) is 0 Å². The summed E-state index contributed by atoms with van der Waals surface area (Å²) in [6, 6.07) is 0.861. The van der Waals surface area contributed by atoms with E-state index in [1.807, 2.05) is 6.08 Å². The van der Waals surface area contributed by atoms with Gasteiger partial charge in [0.15, 0.2) is 0 Å². The highest BCUT2D eigenvalue weighted by molar-refractivity contribution is 4.88. The van der Waals surface area contributed by atoms with Gasteiger partial charge in [-0.25, -0.2) is 0 Å². The van der Waals surface area contributed by atoms with Crippen LogP contribution in [-0.4, -0.2) is 30.6 Å². The smallest absolute Gasteiger partial charge is 0.0163 e. The van der Waals surface area contributed by atoms with Crippen LogP contribution in [0.3, 0.4) is 0 Å². The molecule has 100 valence electrons. The molecule has 0 heterocycles. The van der Waals surface area contributed by atoms with E-state index in [0.717, 1.165) is 31.0 Å². The molecule has 1 atom stereocenters. The normalized spacial score (nSPS) is 17.7. The summed E-state index contributed by atoms with van der Waals surface area (Å²) in [6.45, 7) is 11.6. The minimum Gasteiger partial charge on any atom is -0.330 e. The van der Waals surface area contributed by atoms with Crippen LogP contribution in [0, 0.1) is 11.8 Å². The van der Waals surface area contributed by atoms with Crippen molar-refractivity contribution in [1.82, 2.24) is 4.90 Å². The average Bonchev–Trinajstić information content (AvgIpc) is 3.10. The third kappa shape index (κ3) is 5.69. The van der Waals surface area contributed by atoms with Gasteiger partial charge in [0, 0.05) is 12.6 Å². The van der Waals surface area contributed by atoms with Crippen molar-refractivity contribution >= 4 is 0 Å². The van der Waals surface area contributed by atoms with Gasteiger partial charge < -0.3 is 5.73 Å². The van der Waals surface area contributed by atoms with E-state index in [2.05, 4.69) is 25.3 Å². The summed E-state index contributed by atoms with van der Waals surface area (Å²) in [5.41, 5.74) is 5.68. The van der Waals surface area contributed by atoms with Gasteiger partial charge >= 0.3 is 0 Å². The molecule has 0 amide bonds. The summed E-state index contributed by atoms with van der Waals surface area (Å²) in [5, 5.41) is 0. The van der Waals surface area contributed by atoms with Crippen LogP contribution in [-0.2, 0) is 0 Å². The van der Waals surface area contributed by atoms with Crippen molar-refractivity contribution in [2.24, 2.45) is 17.6 Å². The molecule has 0 aliphatic heterocycles. The summed E-state index contributed by atoms with van der Waals surface area (Å²) >= 11 is 0. The van der Waals surface area contributed by atoms with E-state index in [1.165, 1.54) is 38.6 Å². The Morgan fingerprint density at radius 3 is 2.53 bits per heavy atom. The fraction of sp³-hybridized carbons (Fsp3) is 0.867. The second-order valence-electron chi connectivity index (χ2n) is 5.74. The maximum atomic E-state index is 5.68. The lowest BCUT2D eigenvalue weighted by atomic mass is 9.88. The summed E-state index contributed by atoms with van der Waals surface area (Å²) in [5.74, 6) is 1.58. The lowest BCUT2D eigenvalue weighted by molar-refractivity contribution is 0.258. The minimum atomic E-state index is 0.771. The highest BCUT2D eigenvalue weighted by Crippen LogP contribution is 2.28. The molecule has 0 aromatic heterocycles. The molecule has 1 rings (SSSR count). The molecule has 0 radical (unpaired) electrons. The molecule has 2 nitrogen and oxygen atoms in total. The van der Waals surface area contributed by atoms with E-state index in [0.29, 0.717) is 0 Å². The lowest BCUT2D eigenvalue weighted by Gasteiger charge is -2.24. The molecular weight excluding hydrogens is 208 g/mol. The molecule has 1 unspecified atom stereocenters. The van der Waals surface area contributed by atoms with Crippen molar-refractivity contribution in [2.75, 3.05) is 19.6 Å². The quantitative estimate of drug-likeness (QED) is 0.593. The predicted octanol–water partition coefficient (Wildman–Crippen LogP) is 3.04. The molecule has 0 aromatic carbocycles. The fourth-order valence-electron chi connectivity index (χ4n) is 2.61. The number of rotatable bonds is 10. The molecule has 0 spiro atoms. The zero-order valence-electron chi connectivity index (χ0n) is 11.7. The van der Waals surface area contributed by atoms with E-state index in [-0.39, 0.29) is 0 Å². The van der Waals surface area contributed by atoms with Crippen LogP contribution >= 0.6 is 0 Å². The SMILES string of the molecule is C=CCN(CCCC(CCN)C(C)C)C1CC1. The van der Waals surface area contributed by atoms with Crippen LogP contribution < -0.4 is 5.73 Å². The Kier molecular flexibility index (Phi) is 6.83. The third-order valence-electron chi connectivity index (χ3n) is 3.93. The lowest BCUT2D eigenvalue weighted by Crippen LogP contribution is -2.28. The monoisotopic (exact) mass is 238 g/mol. The van der Waals surface area contributed by atoms with Crippen LogP contribution in [0.4, 0.5) is 0 Å². The Morgan fingerprint density at radius 1 is 1.35 bits per heavy atom. The number of hydrogen-bond donors (Lipinski definition) is 1. The second kappa shape index (κ2) is 7.88. The van der Waals surface area contributed by atoms with Crippen molar-refractivity contribution in [3.8, 4) is 0 Å². The Morgan fingerprint density at radius 2 is 2.06 bits per heavy atom. The molecule has 0 aromatic rings. The molecule has 0 saturated heterocycles. The van der Waals surface area contributed by atoms with Gasteiger partial charge in [-0.15, -0.1) is 6.58 Å². The molecule has 2 N–H and O–H groups in total. The van der Waals surface area contributed by atoms with E-state index in [9.17, 15) is 0 Å². The van der Waals surface area contributed by atoms with Crippen molar-refractivity contribution in [3.05, 3.63) is 12.7 Å². The summed E-state index contributed by atoms with van der Waals surface area (Å²) in [4.78, 5) is 2.59. The molecular formula is C15H30N2. The zero-order valence-corrected chi connectivity index (χ0v) is 11.7. The van der Waals surface area contributed by atoms with Crippen LogP contribution in [0.2, 0.25) is 0 Å². The summed E-state index contributed by atoms with van der Waals surface area (Å²) in [7, 11) is 0. The van der Waals surface area contributed by atoms with Crippen molar-refractivity contribution in [1.29, 1.82) is 0 Å². The Labute approximate surface area is 107 Å². The fourth-order valence-corrected chi connectivity index (χ4v) is 2.61. The Balaban J connectivity index is 2.20. The van der Waals surface area contributed by atoms with Crippen molar-refractivity contribution in [3.63, 3.8) is 0 Å². The van der Waals surface area contributed by atoms with Gasteiger partial charge in [0.1, 0.15) is 0 Å². The molecule has 0 bridgehead atoms. The van der Waals surface area contributed by atoms with Gasteiger partial charge in [-0.2, -0.15) is 0 Å². The van der Waals surface area contributed by atoms with Crippen molar-refractivity contribution < 1.29 is 0 Å². The highest BCUT2D eigenvalue weighted by atomic mass is 15.2. The van der Waals surface area contributed by atoms with Gasteiger partial charge in [-0.1, -0.05) is 19.9 Å². The number of nitrogens with two attached hydrogens (primary N) is 1. The summed E-state index contributed by atoms with van der Waals surface area (Å²) < 4.78 is 0. The highest BCUT2D eigenvalue weighted by Gasteiger charge is 2.27. The summed E-state index contributed by atoms with van der Waals surface area (Å²) in [6.07, 6.45) is 8.65. The molecule has 1 saturated carbocycles. The molecule has 1 aliphatic rings. The molecule has 1 fully saturated rings. The largest absolute Gasteiger partial charge is 0.330 e. The van der Waals surface area contributed by atoms with Gasteiger partial charge in [0.2, 0.25) is 0 Å². The molecule has 2 heteroatoms. The van der Waals surface area contributed by atoms with E-state index in [1.54, 1.807) is 0 Å². The first-order chi connectivity index (χ1) is 8.19. The van der Waals surface area contributed by atoms with E-state index in [4.69, 9.17) is 5.73 Å². The maximum Gasteiger partial charge on any atom is 0.0163 e. The van der Waals surface area contributed by atoms with E-state index < -0.39 is 0 Å². The number of hydrogen-bond acceptors (Lipinski definition) is 2. The second-order valence-corrected chi connectivity index (χ2v) is 5.74. The first kappa shape index (κ1) is 14.7. The standard InChI is InChI=1S/C15H30N2/c1-4-11-17(15-7-8-15)12-5-6-14(9-10-16)13(2)3/h4,13-15H,1,5-12,16H2,2-3H3. The minimum absolute atomic E-state index is 0.771. The number of nitrogens with zero attached hydrogens (tertiary/aromatic N) is 1. The molecule has 17 heavy (non-hydrogen) atoms. The van der Waals surface area contributed by atoms with Gasteiger partial charge in [0.25, 0.3) is 0 Å². The first-order valence-corrected chi connectivity index (χ1v) is 7.24. The third-order valence-corrected chi connectivity index (χ3v) is 3.93. The van der Waals surface area contributed by atoms with Gasteiger partial charge in [-0.05, 0) is 57.0 Å². The van der Waals surface area contributed by atoms with Crippen LogP contribution in [0.15, 0.2) is 12.7 Å². The maximum absolute atomic E-state index is 5.68. The Bertz CT molecular complexity index is 209. The van der Waals surface area contributed by atoms with Gasteiger partial charge in [-0.3, -0.25) is 4.90 Å².